The first-order valence-corrected chi connectivity index (χ1v) is 15.3. The third-order valence-electron chi connectivity index (χ3n) is 11.0. The summed E-state index contributed by atoms with van der Waals surface area (Å²) in [6, 6.07) is 3.15. The zero-order valence-electron chi connectivity index (χ0n) is 24.8. The minimum Gasteiger partial charge on any atom is -0.504 e. The lowest BCUT2D eigenvalue weighted by Crippen LogP contribution is -2.51. The highest BCUT2D eigenvalue weighted by Crippen LogP contribution is 2.65. The molecule has 0 saturated heterocycles. The number of ketones is 1. The van der Waals surface area contributed by atoms with E-state index in [0.29, 0.717) is 29.7 Å². The van der Waals surface area contributed by atoms with Crippen molar-refractivity contribution in [1.29, 1.82) is 0 Å². The average molecular weight is 582 g/mol. The molecule has 3 fully saturated rings. The van der Waals surface area contributed by atoms with Gasteiger partial charge in [-0.1, -0.05) is 25.5 Å². The molecule has 0 heterocycles. The number of methoxy groups -OCH3 is 1. The lowest BCUT2D eigenvalue weighted by atomic mass is 9.47. The fraction of sp³-hybridized carbons (Fsp3) is 0.636. The van der Waals surface area contributed by atoms with Gasteiger partial charge in [0.25, 0.3) is 0 Å². The zero-order chi connectivity index (χ0) is 30.2. The van der Waals surface area contributed by atoms with Crippen molar-refractivity contribution >= 4 is 23.6 Å². The van der Waals surface area contributed by atoms with Crippen LogP contribution in [0.25, 0.3) is 0 Å². The van der Waals surface area contributed by atoms with Crippen molar-refractivity contribution in [2.75, 3.05) is 7.11 Å². The molecule has 1 aromatic rings. The van der Waals surface area contributed by atoms with Crippen molar-refractivity contribution in [3.05, 3.63) is 35.4 Å². The number of carbonyl (C=O) groups is 4. The van der Waals surface area contributed by atoms with Crippen LogP contribution in [0.4, 0.5) is 0 Å². The number of aromatic hydroxyl groups is 2. The predicted octanol–water partition coefficient (Wildman–Crippen LogP) is 4.52. The van der Waals surface area contributed by atoms with E-state index >= 15 is 0 Å². The molecule has 4 aliphatic rings. The van der Waals surface area contributed by atoms with E-state index in [-0.39, 0.29) is 53.5 Å². The van der Waals surface area contributed by atoms with Gasteiger partial charge in [-0.25, -0.2) is 4.79 Å². The van der Waals surface area contributed by atoms with E-state index in [1.807, 2.05) is 6.08 Å². The monoisotopic (exact) mass is 581 g/mol. The van der Waals surface area contributed by atoms with Gasteiger partial charge >= 0.3 is 11.9 Å². The number of benzene rings is 1. The molecule has 4 aliphatic carbocycles. The van der Waals surface area contributed by atoms with Crippen molar-refractivity contribution in [1.82, 2.24) is 5.32 Å². The Labute approximate surface area is 247 Å². The topological polar surface area (TPSA) is 139 Å². The van der Waals surface area contributed by atoms with Crippen LogP contribution in [0.5, 0.6) is 11.5 Å². The first kappa shape index (κ1) is 30.1. The first-order chi connectivity index (χ1) is 19.9. The Balaban J connectivity index is 1.15. The zero-order valence-corrected chi connectivity index (χ0v) is 24.8. The summed E-state index contributed by atoms with van der Waals surface area (Å²) in [5.74, 6) is -0.281. The first-order valence-electron chi connectivity index (χ1n) is 15.3. The number of phenols is 2. The van der Waals surface area contributed by atoms with Crippen molar-refractivity contribution < 1.29 is 38.9 Å². The molecule has 3 saturated carbocycles. The molecule has 9 heteroatoms. The van der Waals surface area contributed by atoms with Gasteiger partial charge in [0.2, 0.25) is 5.91 Å². The Hall–Kier alpha value is -3.36. The summed E-state index contributed by atoms with van der Waals surface area (Å²) in [5.41, 5.74) is 1.88. The Kier molecular flexibility index (Phi) is 8.41. The maximum Gasteiger partial charge on any atom is 0.328 e. The fourth-order valence-electron chi connectivity index (χ4n) is 8.67. The van der Waals surface area contributed by atoms with Crippen LogP contribution in [-0.4, -0.2) is 53.1 Å². The third-order valence-corrected chi connectivity index (χ3v) is 11.0. The number of phenolic OH excluding ortho intramolecular Hbond substituents is 2. The molecule has 0 aliphatic heterocycles. The molecule has 0 radical (unpaired) electrons. The van der Waals surface area contributed by atoms with Crippen molar-refractivity contribution in [3.63, 3.8) is 0 Å². The van der Waals surface area contributed by atoms with Crippen molar-refractivity contribution in [3.8, 4) is 11.5 Å². The van der Waals surface area contributed by atoms with Crippen LogP contribution in [0.3, 0.4) is 0 Å². The molecule has 0 unspecified atom stereocenters. The minimum absolute atomic E-state index is 0.0489. The SMILES string of the molecule is COC(=O)[C@H](Cc1ccc(O)c(O)c1)NC(=O)CCC(=O)O[C@H]1CC[C@H]2[C@H]3CCC4=CC(=O)CC[C@]4(C)[C@@H]3CC[C@]12C. The lowest BCUT2D eigenvalue weighted by molar-refractivity contribution is -0.160. The number of nitrogens with one attached hydrogen (secondary N) is 1. The second-order valence-electron chi connectivity index (χ2n) is 13.2. The number of carbonyl (C=O) groups excluding carboxylic acids is 4. The quantitative estimate of drug-likeness (QED) is 0.301. The van der Waals surface area contributed by atoms with Gasteiger partial charge in [-0.15, -0.1) is 0 Å². The number of amides is 1. The summed E-state index contributed by atoms with van der Waals surface area (Å²) in [6.45, 7) is 4.63. The molecule has 0 bridgehead atoms. The van der Waals surface area contributed by atoms with Crippen LogP contribution in [0.2, 0.25) is 0 Å². The molecule has 1 aromatic carbocycles. The van der Waals surface area contributed by atoms with Crippen LogP contribution in [0.1, 0.15) is 83.6 Å². The van der Waals surface area contributed by atoms with Gasteiger partial charge in [0.1, 0.15) is 12.1 Å². The number of fused-ring (bicyclic) bond motifs is 5. The summed E-state index contributed by atoms with van der Waals surface area (Å²) in [5, 5.41) is 21.9. The summed E-state index contributed by atoms with van der Waals surface area (Å²) in [6.07, 6.45) is 9.13. The number of hydrogen-bond donors (Lipinski definition) is 3. The maximum atomic E-state index is 12.9. The van der Waals surface area contributed by atoms with Crippen LogP contribution in [0.15, 0.2) is 29.8 Å². The highest BCUT2D eigenvalue weighted by atomic mass is 16.5. The number of rotatable bonds is 8. The highest BCUT2D eigenvalue weighted by molar-refractivity contribution is 5.91. The Morgan fingerprint density at radius 1 is 1.00 bits per heavy atom. The molecule has 7 atom stereocenters. The maximum absolute atomic E-state index is 12.9. The van der Waals surface area contributed by atoms with Gasteiger partial charge in [0.05, 0.1) is 13.5 Å². The molecule has 0 aromatic heterocycles. The normalized spacial score (nSPS) is 32.5. The lowest BCUT2D eigenvalue weighted by Gasteiger charge is -2.57. The van der Waals surface area contributed by atoms with E-state index in [4.69, 9.17) is 9.47 Å². The third kappa shape index (κ3) is 5.66. The molecule has 9 nitrogen and oxygen atoms in total. The van der Waals surface area contributed by atoms with Crippen molar-refractivity contribution in [2.45, 2.75) is 96.6 Å². The summed E-state index contributed by atoms with van der Waals surface area (Å²) >= 11 is 0. The largest absolute Gasteiger partial charge is 0.504 e. The van der Waals surface area contributed by atoms with E-state index in [2.05, 4.69) is 19.2 Å². The minimum atomic E-state index is -1.01. The smallest absolute Gasteiger partial charge is 0.328 e. The molecule has 3 N–H and O–H groups in total. The summed E-state index contributed by atoms with van der Waals surface area (Å²) < 4.78 is 10.9. The summed E-state index contributed by atoms with van der Waals surface area (Å²) in [4.78, 5) is 50.0. The molecule has 0 spiro atoms. The number of esters is 2. The Morgan fingerprint density at radius 3 is 2.52 bits per heavy atom. The Morgan fingerprint density at radius 2 is 1.79 bits per heavy atom. The van der Waals surface area contributed by atoms with Gasteiger partial charge < -0.3 is 25.0 Å². The van der Waals surface area contributed by atoms with E-state index in [1.165, 1.54) is 30.9 Å². The number of ether oxygens (including phenoxy) is 2. The van der Waals surface area contributed by atoms with E-state index < -0.39 is 23.9 Å². The van der Waals surface area contributed by atoms with Crippen LogP contribution in [0, 0.1) is 28.6 Å². The van der Waals surface area contributed by atoms with Crippen LogP contribution < -0.4 is 5.32 Å². The second-order valence-corrected chi connectivity index (χ2v) is 13.2. The Bertz CT molecular complexity index is 1290. The van der Waals surface area contributed by atoms with Crippen molar-refractivity contribution in [2.24, 2.45) is 28.6 Å². The molecule has 1 amide bonds. The van der Waals surface area contributed by atoms with E-state index in [9.17, 15) is 29.4 Å². The van der Waals surface area contributed by atoms with Gasteiger partial charge in [0, 0.05) is 24.7 Å². The van der Waals surface area contributed by atoms with Gasteiger partial charge in [-0.05, 0) is 91.9 Å². The molecular weight excluding hydrogens is 538 g/mol. The molecule has 5 rings (SSSR count). The predicted molar refractivity (Wildman–Crippen MR) is 153 cm³/mol. The standard InChI is InChI=1S/C33H43NO8/c1-32-14-12-21(35)18-20(32)5-6-22-23-7-9-28(33(23,2)15-13-24(22)32)42-30(39)11-10-29(38)34-25(31(40)41-3)16-19-4-8-26(36)27(37)17-19/h4,8,17-18,22-25,28,36-37H,5-7,9-16H2,1-3H3,(H,34,38)/t22-,23+,24-,25+,28+,32+,33+/m1/s1. The van der Waals surface area contributed by atoms with E-state index in [1.54, 1.807) is 0 Å². The highest BCUT2D eigenvalue weighted by Gasteiger charge is 2.60. The number of hydrogen-bond acceptors (Lipinski definition) is 8. The fourth-order valence-corrected chi connectivity index (χ4v) is 8.67. The second kappa shape index (κ2) is 11.7. The van der Waals surface area contributed by atoms with Gasteiger partial charge in [-0.3, -0.25) is 14.4 Å². The number of allylic oxidation sites excluding steroid dienone is 1. The van der Waals surface area contributed by atoms with Gasteiger partial charge in [0.15, 0.2) is 17.3 Å². The van der Waals surface area contributed by atoms with Crippen LogP contribution in [-0.2, 0) is 35.1 Å². The summed E-state index contributed by atoms with van der Waals surface area (Å²) in [7, 11) is 1.22. The average Bonchev–Trinajstić information content (AvgIpc) is 3.29. The molecular formula is C33H43NO8. The van der Waals surface area contributed by atoms with Crippen LogP contribution >= 0.6 is 0 Å². The molecule has 228 valence electrons. The molecule has 42 heavy (non-hydrogen) atoms. The van der Waals surface area contributed by atoms with E-state index in [0.717, 1.165) is 44.9 Å². The van der Waals surface area contributed by atoms with Gasteiger partial charge in [-0.2, -0.15) is 0 Å².